The first-order valence-electron chi connectivity index (χ1n) is 6.16. The maximum absolute atomic E-state index is 9.48. The van der Waals surface area contributed by atoms with Crippen LogP contribution in [-0.2, 0) is 0 Å². The molecule has 0 amide bonds. The number of hydrogen-bond donors (Lipinski definition) is 2. The van der Waals surface area contributed by atoms with Crippen molar-refractivity contribution >= 4 is 22.7 Å². The number of rotatable bonds is 6. The molecular formula is C14H19NOS2. The van der Waals surface area contributed by atoms with E-state index in [4.69, 9.17) is 0 Å². The van der Waals surface area contributed by atoms with Crippen LogP contribution in [0.2, 0.25) is 0 Å². The third kappa shape index (κ3) is 3.20. The Morgan fingerprint density at radius 3 is 2.00 bits per heavy atom. The van der Waals surface area contributed by atoms with Gasteiger partial charge in [-0.2, -0.15) is 0 Å². The lowest BCUT2D eigenvalue weighted by molar-refractivity contribution is 0.205. The van der Waals surface area contributed by atoms with Crippen LogP contribution >= 0.6 is 22.7 Å². The van der Waals surface area contributed by atoms with Crippen molar-refractivity contribution in [3.63, 3.8) is 0 Å². The fourth-order valence-electron chi connectivity index (χ4n) is 1.89. The smallest absolute Gasteiger partial charge is 0.0767 e. The predicted octanol–water partition coefficient (Wildman–Crippen LogP) is 3.51. The molecule has 0 aliphatic heterocycles. The Morgan fingerprint density at radius 2 is 1.67 bits per heavy atom. The normalized spacial score (nSPS) is 13.4. The number of aliphatic hydroxyl groups excluding tert-OH is 1. The molecule has 2 N–H and O–H groups in total. The molecule has 98 valence electrons. The molecule has 2 heterocycles. The van der Waals surface area contributed by atoms with Crippen molar-refractivity contribution in [2.24, 2.45) is 5.92 Å². The molecule has 0 aromatic carbocycles. The summed E-state index contributed by atoms with van der Waals surface area (Å²) in [5.41, 5.74) is 0. The monoisotopic (exact) mass is 281 g/mol. The summed E-state index contributed by atoms with van der Waals surface area (Å²) in [6.07, 6.45) is 0. The van der Waals surface area contributed by atoms with E-state index in [0.29, 0.717) is 5.92 Å². The largest absolute Gasteiger partial charge is 0.395 e. The fourth-order valence-corrected chi connectivity index (χ4v) is 3.57. The second-order valence-electron chi connectivity index (χ2n) is 4.66. The van der Waals surface area contributed by atoms with Crippen LogP contribution in [0.25, 0.3) is 0 Å². The average Bonchev–Trinajstić information content (AvgIpc) is 3.02. The summed E-state index contributed by atoms with van der Waals surface area (Å²) in [7, 11) is 0. The van der Waals surface area contributed by atoms with Crippen LogP contribution in [0, 0.1) is 5.92 Å². The number of aliphatic hydroxyl groups is 1. The molecule has 0 aliphatic carbocycles. The summed E-state index contributed by atoms with van der Waals surface area (Å²) in [4.78, 5) is 2.60. The van der Waals surface area contributed by atoms with Gasteiger partial charge in [0.15, 0.2) is 0 Å². The van der Waals surface area contributed by atoms with Crippen molar-refractivity contribution in [1.82, 2.24) is 5.32 Å². The highest BCUT2D eigenvalue weighted by molar-refractivity contribution is 7.11. The van der Waals surface area contributed by atoms with Crippen LogP contribution in [0.4, 0.5) is 0 Å². The van der Waals surface area contributed by atoms with Gasteiger partial charge < -0.3 is 5.11 Å². The molecule has 0 radical (unpaired) electrons. The second-order valence-corrected chi connectivity index (χ2v) is 6.62. The van der Waals surface area contributed by atoms with Crippen LogP contribution in [0.3, 0.4) is 0 Å². The summed E-state index contributed by atoms with van der Waals surface area (Å²) in [6.45, 7) is 4.44. The molecule has 0 saturated carbocycles. The van der Waals surface area contributed by atoms with Gasteiger partial charge in [-0.3, -0.25) is 5.32 Å². The topological polar surface area (TPSA) is 32.3 Å². The van der Waals surface area contributed by atoms with Gasteiger partial charge >= 0.3 is 0 Å². The summed E-state index contributed by atoms with van der Waals surface area (Å²) >= 11 is 3.51. The third-order valence-corrected chi connectivity index (χ3v) is 4.91. The highest BCUT2D eigenvalue weighted by Gasteiger charge is 2.21. The zero-order chi connectivity index (χ0) is 13.0. The molecule has 0 bridgehead atoms. The lowest BCUT2D eigenvalue weighted by Crippen LogP contribution is -2.39. The minimum absolute atomic E-state index is 0.124. The van der Waals surface area contributed by atoms with Crippen LogP contribution < -0.4 is 5.32 Å². The van der Waals surface area contributed by atoms with E-state index >= 15 is 0 Å². The first kappa shape index (κ1) is 13.7. The van der Waals surface area contributed by atoms with E-state index in [1.807, 2.05) is 0 Å². The second kappa shape index (κ2) is 6.48. The Hall–Kier alpha value is -0.680. The van der Waals surface area contributed by atoms with Crippen molar-refractivity contribution in [3.8, 4) is 0 Å². The Kier molecular flexibility index (Phi) is 4.95. The molecule has 0 spiro atoms. The molecule has 1 atom stereocenters. The number of nitrogens with one attached hydrogen (secondary N) is 1. The maximum Gasteiger partial charge on any atom is 0.0767 e. The Bertz CT molecular complexity index is 402. The maximum atomic E-state index is 9.48. The van der Waals surface area contributed by atoms with E-state index in [9.17, 15) is 5.11 Å². The standard InChI is InChI=1S/C14H19NOS2/c1-10(2)11(9-16)15-14(12-5-3-7-17-12)13-6-4-8-18-13/h3-8,10-11,14-16H,9H2,1-2H3/t11-/m1/s1. The summed E-state index contributed by atoms with van der Waals surface area (Å²) in [5.74, 6) is 0.414. The molecule has 2 aromatic heterocycles. The quantitative estimate of drug-likeness (QED) is 0.849. The highest BCUT2D eigenvalue weighted by Crippen LogP contribution is 2.30. The molecular weight excluding hydrogens is 262 g/mol. The molecule has 2 aromatic rings. The van der Waals surface area contributed by atoms with Gasteiger partial charge in [-0.05, 0) is 28.8 Å². The Morgan fingerprint density at radius 1 is 1.11 bits per heavy atom. The lowest BCUT2D eigenvalue weighted by atomic mass is 10.0. The number of hydrogen-bond acceptors (Lipinski definition) is 4. The van der Waals surface area contributed by atoms with E-state index < -0.39 is 0 Å². The molecule has 18 heavy (non-hydrogen) atoms. The molecule has 0 unspecified atom stereocenters. The predicted molar refractivity (Wildman–Crippen MR) is 79.3 cm³/mol. The van der Waals surface area contributed by atoms with Crippen molar-refractivity contribution in [2.75, 3.05) is 6.61 Å². The zero-order valence-electron chi connectivity index (χ0n) is 10.7. The molecule has 2 rings (SSSR count). The Balaban J connectivity index is 2.21. The van der Waals surface area contributed by atoms with Crippen molar-refractivity contribution in [3.05, 3.63) is 44.8 Å². The van der Waals surface area contributed by atoms with E-state index in [0.717, 1.165) is 0 Å². The number of thiophene rings is 2. The van der Waals surface area contributed by atoms with Crippen LogP contribution in [0.5, 0.6) is 0 Å². The lowest BCUT2D eigenvalue weighted by Gasteiger charge is -2.26. The van der Waals surface area contributed by atoms with Crippen molar-refractivity contribution < 1.29 is 5.11 Å². The highest BCUT2D eigenvalue weighted by atomic mass is 32.1. The van der Waals surface area contributed by atoms with E-state index in [-0.39, 0.29) is 18.7 Å². The van der Waals surface area contributed by atoms with Gasteiger partial charge in [0.05, 0.1) is 12.6 Å². The van der Waals surface area contributed by atoms with E-state index in [1.54, 1.807) is 22.7 Å². The van der Waals surface area contributed by atoms with Gasteiger partial charge in [0.25, 0.3) is 0 Å². The van der Waals surface area contributed by atoms with Gasteiger partial charge in [-0.15, -0.1) is 22.7 Å². The van der Waals surface area contributed by atoms with E-state index in [2.05, 4.69) is 54.2 Å². The van der Waals surface area contributed by atoms with Crippen molar-refractivity contribution in [1.29, 1.82) is 0 Å². The third-order valence-electron chi connectivity index (χ3n) is 3.04. The van der Waals surface area contributed by atoms with Gasteiger partial charge in [0, 0.05) is 15.8 Å². The zero-order valence-corrected chi connectivity index (χ0v) is 12.3. The first-order chi connectivity index (χ1) is 8.72. The van der Waals surface area contributed by atoms with Gasteiger partial charge in [0.1, 0.15) is 0 Å². The molecule has 0 aliphatic rings. The molecule has 4 heteroatoms. The molecule has 0 saturated heterocycles. The van der Waals surface area contributed by atoms with Crippen LogP contribution in [0.1, 0.15) is 29.6 Å². The van der Waals surface area contributed by atoms with E-state index in [1.165, 1.54) is 9.75 Å². The average molecular weight is 281 g/mol. The van der Waals surface area contributed by atoms with Gasteiger partial charge in [-0.1, -0.05) is 26.0 Å². The minimum atomic E-state index is 0.124. The fraction of sp³-hybridized carbons (Fsp3) is 0.429. The molecule has 0 fully saturated rings. The van der Waals surface area contributed by atoms with Crippen LogP contribution in [-0.4, -0.2) is 17.8 Å². The van der Waals surface area contributed by atoms with Gasteiger partial charge in [-0.25, -0.2) is 0 Å². The van der Waals surface area contributed by atoms with Crippen molar-refractivity contribution in [2.45, 2.75) is 25.9 Å². The summed E-state index contributed by atoms with van der Waals surface area (Å²) in [5, 5.41) is 17.3. The molecule has 2 nitrogen and oxygen atoms in total. The minimum Gasteiger partial charge on any atom is -0.395 e. The van der Waals surface area contributed by atoms with Crippen LogP contribution in [0.15, 0.2) is 35.0 Å². The Labute approximate surface area is 116 Å². The first-order valence-corrected chi connectivity index (χ1v) is 7.92. The summed E-state index contributed by atoms with van der Waals surface area (Å²) < 4.78 is 0. The van der Waals surface area contributed by atoms with Gasteiger partial charge in [0.2, 0.25) is 0 Å². The summed E-state index contributed by atoms with van der Waals surface area (Å²) in [6, 6.07) is 8.77. The SMILES string of the molecule is CC(C)[C@@H](CO)NC(c1cccs1)c1cccs1.